The molecular weight excluding hydrogens is 324 g/mol. The highest BCUT2D eigenvalue weighted by Crippen LogP contribution is 2.17. The Labute approximate surface area is 145 Å². The van der Waals surface area contributed by atoms with E-state index in [1.54, 1.807) is 18.2 Å². The van der Waals surface area contributed by atoms with Crippen molar-refractivity contribution in [1.82, 2.24) is 5.43 Å². The lowest BCUT2D eigenvalue weighted by atomic mass is 10.0. The van der Waals surface area contributed by atoms with Gasteiger partial charge in [-0.3, -0.25) is 15.5 Å². The van der Waals surface area contributed by atoms with E-state index in [1.165, 1.54) is 17.8 Å². The van der Waals surface area contributed by atoms with Gasteiger partial charge in [0, 0.05) is 11.8 Å². The molecule has 0 atom stereocenters. The quantitative estimate of drug-likeness (QED) is 0.371. The molecule has 0 fully saturated rings. The lowest BCUT2D eigenvalue weighted by Gasteiger charge is -2.09. The van der Waals surface area contributed by atoms with Crippen LogP contribution in [0.1, 0.15) is 30.9 Å². The van der Waals surface area contributed by atoms with Crippen LogP contribution in [0.15, 0.2) is 53.6 Å². The van der Waals surface area contributed by atoms with E-state index in [9.17, 15) is 10.1 Å². The van der Waals surface area contributed by atoms with Crippen LogP contribution in [0.3, 0.4) is 0 Å². The van der Waals surface area contributed by atoms with Crippen LogP contribution < -0.4 is 10.7 Å². The topological polar surface area (TPSA) is 79.6 Å². The summed E-state index contributed by atoms with van der Waals surface area (Å²) >= 11 is 5.15. The molecule has 0 bridgehead atoms. The van der Waals surface area contributed by atoms with Crippen LogP contribution in [-0.2, 0) is 0 Å². The molecule has 2 rings (SSSR count). The summed E-state index contributed by atoms with van der Waals surface area (Å²) in [5.41, 5.74) is 5.13. The van der Waals surface area contributed by atoms with Gasteiger partial charge >= 0.3 is 0 Å². The molecule has 124 valence electrons. The zero-order chi connectivity index (χ0) is 17.5. The van der Waals surface area contributed by atoms with Crippen molar-refractivity contribution in [1.29, 1.82) is 0 Å². The van der Waals surface area contributed by atoms with Gasteiger partial charge in [-0.1, -0.05) is 38.1 Å². The summed E-state index contributed by atoms with van der Waals surface area (Å²) in [6.45, 7) is 4.26. The number of hydrogen-bond acceptors (Lipinski definition) is 4. The average molecular weight is 342 g/mol. The number of benzene rings is 2. The van der Waals surface area contributed by atoms with Crippen molar-refractivity contribution in [2.24, 2.45) is 5.10 Å². The number of nitro benzene ring substituents is 1. The minimum Gasteiger partial charge on any atom is -0.331 e. The van der Waals surface area contributed by atoms with E-state index in [-0.39, 0.29) is 5.69 Å². The zero-order valence-electron chi connectivity index (χ0n) is 13.4. The fourth-order valence-corrected chi connectivity index (χ4v) is 2.20. The molecule has 2 aromatic rings. The first kappa shape index (κ1) is 17.6. The van der Waals surface area contributed by atoms with Crippen molar-refractivity contribution in [3.63, 3.8) is 0 Å². The van der Waals surface area contributed by atoms with Gasteiger partial charge in [0.25, 0.3) is 5.69 Å². The molecule has 2 N–H and O–H groups in total. The summed E-state index contributed by atoms with van der Waals surface area (Å²) in [4.78, 5) is 10.5. The third kappa shape index (κ3) is 4.85. The van der Waals surface area contributed by atoms with Crippen molar-refractivity contribution in [2.45, 2.75) is 19.8 Å². The second-order valence-corrected chi connectivity index (χ2v) is 5.83. The Hall–Kier alpha value is -2.80. The maximum absolute atomic E-state index is 10.9. The van der Waals surface area contributed by atoms with Crippen LogP contribution in [-0.4, -0.2) is 16.3 Å². The Kier molecular flexibility index (Phi) is 5.97. The molecule has 0 unspecified atom stereocenters. The van der Waals surface area contributed by atoms with Crippen molar-refractivity contribution in [3.05, 3.63) is 69.8 Å². The van der Waals surface area contributed by atoms with Crippen molar-refractivity contribution in [2.75, 3.05) is 5.32 Å². The standard InChI is InChI=1S/C17H18N4O2S/c1-12(2)13-7-9-15(10-8-13)19-17(24)20-18-11-14-5-3-4-6-16(14)21(22)23/h3-12H,1-2H3,(H2,19,20,24)/b18-11+. The molecule has 0 spiro atoms. The molecule has 0 aliphatic rings. The molecule has 0 heterocycles. The SMILES string of the molecule is CC(C)c1ccc(NC(=S)N/N=C/c2ccccc2[N+](=O)[O-])cc1. The Bertz CT molecular complexity index is 757. The fourth-order valence-electron chi connectivity index (χ4n) is 2.03. The lowest BCUT2D eigenvalue weighted by Crippen LogP contribution is -2.23. The Morgan fingerprint density at radius 1 is 1.21 bits per heavy atom. The van der Waals surface area contributed by atoms with E-state index in [0.29, 0.717) is 16.6 Å². The molecule has 2 aromatic carbocycles. The molecule has 6 nitrogen and oxygen atoms in total. The van der Waals surface area contributed by atoms with Gasteiger partial charge in [-0.05, 0) is 41.9 Å². The average Bonchev–Trinajstić information content (AvgIpc) is 2.55. The van der Waals surface area contributed by atoms with Gasteiger partial charge in [-0.2, -0.15) is 5.10 Å². The number of hydrazone groups is 1. The highest BCUT2D eigenvalue weighted by Gasteiger charge is 2.09. The summed E-state index contributed by atoms with van der Waals surface area (Å²) in [6.07, 6.45) is 1.37. The molecule has 7 heteroatoms. The maximum Gasteiger partial charge on any atom is 0.278 e. The molecule has 0 saturated heterocycles. The first-order valence-electron chi connectivity index (χ1n) is 7.41. The van der Waals surface area contributed by atoms with Crippen LogP contribution in [0.25, 0.3) is 0 Å². The van der Waals surface area contributed by atoms with E-state index in [2.05, 4.69) is 29.7 Å². The van der Waals surface area contributed by atoms with Crippen LogP contribution >= 0.6 is 12.2 Å². The third-order valence-electron chi connectivity index (χ3n) is 3.34. The Balaban J connectivity index is 1.95. The predicted octanol–water partition coefficient (Wildman–Crippen LogP) is 4.04. The largest absolute Gasteiger partial charge is 0.331 e. The van der Waals surface area contributed by atoms with Crippen molar-refractivity contribution < 1.29 is 4.92 Å². The fraction of sp³-hybridized carbons (Fsp3) is 0.176. The van der Waals surface area contributed by atoms with E-state index >= 15 is 0 Å². The van der Waals surface area contributed by atoms with Crippen LogP contribution in [0.2, 0.25) is 0 Å². The van der Waals surface area contributed by atoms with Gasteiger partial charge in [0.05, 0.1) is 16.7 Å². The van der Waals surface area contributed by atoms with E-state index in [4.69, 9.17) is 12.2 Å². The highest BCUT2D eigenvalue weighted by molar-refractivity contribution is 7.80. The summed E-state index contributed by atoms with van der Waals surface area (Å²) in [6, 6.07) is 14.3. The number of anilines is 1. The monoisotopic (exact) mass is 342 g/mol. The lowest BCUT2D eigenvalue weighted by molar-refractivity contribution is -0.385. The number of nitro groups is 1. The molecular formula is C17H18N4O2S. The van der Waals surface area contributed by atoms with E-state index in [0.717, 1.165) is 5.69 Å². The van der Waals surface area contributed by atoms with Crippen molar-refractivity contribution in [3.8, 4) is 0 Å². The number of hydrogen-bond donors (Lipinski definition) is 2. The molecule has 0 radical (unpaired) electrons. The van der Waals surface area contributed by atoms with Crippen LogP contribution in [0.5, 0.6) is 0 Å². The van der Waals surface area contributed by atoms with Crippen LogP contribution in [0.4, 0.5) is 11.4 Å². The Morgan fingerprint density at radius 3 is 2.50 bits per heavy atom. The predicted molar refractivity (Wildman–Crippen MR) is 101 cm³/mol. The second kappa shape index (κ2) is 8.16. The van der Waals surface area contributed by atoms with Gasteiger partial charge in [-0.25, -0.2) is 0 Å². The smallest absolute Gasteiger partial charge is 0.278 e. The third-order valence-corrected chi connectivity index (χ3v) is 3.53. The normalized spacial score (nSPS) is 10.8. The number of thiocarbonyl (C=S) groups is 1. The van der Waals surface area contributed by atoms with Gasteiger partial charge in [0.2, 0.25) is 0 Å². The molecule has 0 aliphatic carbocycles. The first-order valence-corrected chi connectivity index (χ1v) is 7.81. The first-order chi connectivity index (χ1) is 11.5. The number of para-hydroxylation sites is 1. The van der Waals surface area contributed by atoms with E-state index < -0.39 is 4.92 Å². The van der Waals surface area contributed by atoms with Gasteiger partial charge in [0.15, 0.2) is 5.11 Å². The van der Waals surface area contributed by atoms with Gasteiger partial charge < -0.3 is 5.32 Å². The van der Waals surface area contributed by atoms with Crippen molar-refractivity contribution >= 4 is 34.9 Å². The minimum absolute atomic E-state index is 0.00815. The summed E-state index contributed by atoms with van der Waals surface area (Å²) < 4.78 is 0. The minimum atomic E-state index is -0.450. The molecule has 0 saturated carbocycles. The van der Waals surface area contributed by atoms with Crippen LogP contribution in [0, 0.1) is 10.1 Å². The summed E-state index contributed by atoms with van der Waals surface area (Å²) in [5, 5.41) is 18.2. The highest BCUT2D eigenvalue weighted by atomic mass is 32.1. The van der Waals surface area contributed by atoms with Gasteiger partial charge in [-0.15, -0.1) is 0 Å². The number of nitrogens with one attached hydrogen (secondary N) is 2. The summed E-state index contributed by atoms with van der Waals surface area (Å²) in [7, 11) is 0. The second-order valence-electron chi connectivity index (χ2n) is 5.42. The Morgan fingerprint density at radius 2 is 1.88 bits per heavy atom. The zero-order valence-corrected chi connectivity index (χ0v) is 14.2. The summed E-state index contributed by atoms with van der Waals surface area (Å²) in [5.74, 6) is 0.468. The number of nitrogens with zero attached hydrogens (tertiary/aromatic N) is 2. The molecule has 0 aromatic heterocycles. The molecule has 0 aliphatic heterocycles. The molecule has 0 amide bonds. The van der Waals surface area contributed by atoms with Gasteiger partial charge in [0.1, 0.15) is 0 Å². The maximum atomic E-state index is 10.9. The molecule has 24 heavy (non-hydrogen) atoms. The van der Waals surface area contributed by atoms with E-state index in [1.807, 2.05) is 24.3 Å². The number of rotatable bonds is 5.